The van der Waals surface area contributed by atoms with Crippen LogP contribution in [0.5, 0.6) is 5.75 Å². The van der Waals surface area contributed by atoms with Gasteiger partial charge in [-0.05, 0) is 18.2 Å². The lowest BCUT2D eigenvalue weighted by Gasteiger charge is -2.11. The standard InChI is InChI=1S/C14H12ClFN2O/c15-11-6-3-4-9(13(11)16)8-19-12-7-2-1-5-10(12)14(17)18/h1-7H,8H2,(H3,17,18). The second-order valence-electron chi connectivity index (χ2n) is 3.91. The van der Waals surface area contributed by atoms with E-state index >= 15 is 0 Å². The first-order valence-corrected chi connectivity index (χ1v) is 5.96. The molecule has 19 heavy (non-hydrogen) atoms. The van der Waals surface area contributed by atoms with E-state index in [0.717, 1.165) is 0 Å². The fourth-order valence-corrected chi connectivity index (χ4v) is 1.82. The lowest BCUT2D eigenvalue weighted by Crippen LogP contribution is -2.13. The highest BCUT2D eigenvalue weighted by atomic mass is 35.5. The second-order valence-corrected chi connectivity index (χ2v) is 4.32. The molecule has 0 spiro atoms. The van der Waals surface area contributed by atoms with E-state index in [4.69, 9.17) is 27.5 Å². The first-order chi connectivity index (χ1) is 9.09. The van der Waals surface area contributed by atoms with Gasteiger partial charge in [0, 0.05) is 5.56 Å². The quantitative estimate of drug-likeness (QED) is 0.666. The summed E-state index contributed by atoms with van der Waals surface area (Å²) in [6.07, 6.45) is 0. The maximum Gasteiger partial charge on any atom is 0.148 e. The Balaban J connectivity index is 2.19. The maximum absolute atomic E-state index is 13.7. The van der Waals surface area contributed by atoms with Crippen molar-refractivity contribution in [1.82, 2.24) is 0 Å². The Kier molecular flexibility index (Phi) is 4.02. The fourth-order valence-electron chi connectivity index (χ4n) is 1.63. The van der Waals surface area contributed by atoms with Gasteiger partial charge in [0.05, 0.1) is 10.6 Å². The molecule has 0 unspecified atom stereocenters. The van der Waals surface area contributed by atoms with Crippen molar-refractivity contribution < 1.29 is 9.13 Å². The summed E-state index contributed by atoms with van der Waals surface area (Å²) in [7, 11) is 0. The monoisotopic (exact) mass is 278 g/mol. The van der Waals surface area contributed by atoms with Gasteiger partial charge in [-0.15, -0.1) is 0 Å². The van der Waals surface area contributed by atoms with Gasteiger partial charge < -0.3 is 10.5 Å². The summed E-state index contributed by atoms with van der Waals surface area (Å²) >= 11 is 5.69. The van der Waals surface area contributed by atoms with Crippen LogP contribution >= 0.6 is 11.6 Å². The molecule has 0 radical (unpaired) electrons. The van der Waals surface area contributed by atoms with Crippen LogP contribution in [-0.2, 0) is 6.61 Å². The first-order valence-electron chi connectivity index (χ1n) is 5.58. The molecule has 0 aliphatic heterocycles. The third kappa shape index (κ3) is 3.03. The van der Waals surface area contributed by atoms with Crippen molar-refractivity contribution in [2.75, 3.05) is 0 Å². The summed E-state index contributed by atoms with van der Waals surface area (Å²) in [6, 6.07) is 11.6. The predicted octanol–water partition coefficient (Wildman–Crippen LogP) is 3.34. The zero-order valence-electron chi connectivity index (χ0n) is 9.99. The molecule has 0 bridgehead atoms. The Bertz CT molecular complexity index is 616. The molecule has 2 aromatic rings. The highest BCUT2D eigenvalue weighted by Gasteiger charge is 2.09. The highest BCUT2D eigenvalue weighted by Crippen LogP contribution is 2.22. The number of nitrogens with one attached hydrogen (secondary N) is 1. The van der Waals surface area contributed by atoms with Gasteiger partial charge in [0.15, 0.2) is 0 Å². The summed E-state index contributed by atoms with van der Waals surface area (Å²) in [6.45, 7) is 0.0245. The average Bonchev–Trinajstić information content (AvgIpc) is 2.40. The van der Waals surface area contributed by atoms with Gasteiger partial charge in [0.1, 0.15) is 24.0 Å². The zero-order chi connectivity index (χ0) is 13.8. The van der Waals surface area contributed by atoms with E-state index in [0.29, 0.717) is 16.9 Å². The molecule has 2 rings (SSSR count). The lowest BCUT2D eigenvalue weighted by molar-refractivity contribution is 0.299. The molecule has 0 aliphatic carbocycles. The van der Waals surface area contributed by atoms with Crippen LogP contribution in [0.15, 0.2) is 42.5 Å². The molecule has 0 heterocycles. The SMILES string of the molecule is N=C(N)c1ccccc1OCc1cccc(Cl)c1F. The average molecular weight is 279 g/mol. The molecule has 5 heteroatoms. The van der Waals surface area contributed by atoms with E-state index in [-0.39, 0.29) is 17.5 Å². The van der Waals surface area contributed by atoms with E-state index in [2.05, 4.69) is 0 Å². The van der Waals surface area contributed by atoms with Gasteiger partial charge in [-0.3, -0.25) is 5.41 Å². The Morgan fingerprint density at radius 1 is 1.21 bits per heavy atom. The van der Waals surface area contributed by atoms with Crippen LogP contribution in [0.2, 0.25) is 5.02 Å². The van der Waals surface area contributed by atoms with Gasteiger partial charge in [0.25, 0.3) is 0 Å². The van der Waals surface area contributed by atoms with Crippen LogP contribution in [0.4, 0.5) is 4.39 Å². The Morgan fingerprint density at radius 3 is 2.68 bits per heavy atom. The van der Waals surface area contributed by atoms with Crippen LogP contribution in [-0.4, -0.2) is 5.84 Å². The Labute approximate surface area is 115 Å². The molecule has 0 atom stereocenters. The van der Waals surface area contributed by atoms with Gasteiger partial charge in [-0.25, -0.2) is 4.39 Å². The normalized spacial score (nSPS) is 10.2. The molecule has 98 valence electrons. The van der Waals surface area contributed by atoms with Crippen molar-refractivity contribution in [3.8, 4) is 5.75 Å². The van der Waals surface area contributed by atoms with Crippen LogP contribution < -0.4 is 10.5 Å². The summed E-state index contributed by atoms with van der Waals surface area (Å²) in [5.74, 6) is -0.152. The van der Waals surface area contributed by atoms with Crippen molar-refractivity contribution in [3.05, 3.63) is 64.4 Å². The topological polar surface area (TPSA) is 59.1 Å². The minimum Gasteiger partial charge on any atom is -0.488 e. The molecular formula is C14H12ClFN2O. The second kappa shape index (κ2) is 5.71. The fraction of sp³-hybridized carbons (Fsp3) is 0.0714. The number of halogens is 2. The molecule has 0 fully saturated rings. The maximum atomic E-state index is 13.7. The van der Waals surface area contributed by atoms with Gasteiger partial charge in [-0.2, -0.15) is 0 Å². The predicted molar refractivity (Wildman–Crippen MR) is 73.2 cm³/mol. The largest absolute Gasteiger partial charge is 0.488 e. The van der Waals surface area contributed by atoms with Crippen molar-refractivity contribution in [1.29, 1.82) is 5.41 Å². The smallest absolute Gasteiger partial charge is 0.148 e. The number of nitrogen functional groups attached to an aromatic ring is 1. The number of amidine groups is 1. The van der Waals surface area contributed by atoms with E-state index < -0.39 is 5.82 Å². The van der Waals surface area contributed by atoms with E-state index in [9.17, 15) is 4.39 Å². The number of nitrogens with two attached hydrogens (primary N) is 1. The molecule has 2 aromatic carbocycles. The van der Waals surface area contributed by atoms with Gasteiger partial charge in [0.2, 0.25) is 0 Å². The minimum atomic E-state index is -0.496. The third-order valence-corrected chi connectivity index (χ3v) is 2.88. The molecule has 0 saturated carbocycles. The number of hydrogen-bond acceptors (Lipinski definition) is 2. The zero-order valence-corrected chi connectivity index (χ0v) is 10.7. The van der Waals surface area contributed by atoms with Crippen LogP contribution in [0.1, 0.15) is 11.1 Å². The molecule has 0 amide bonds. The third-order valence-electron chi connectivity index (χ3n) is 2.59. The van der Waals surface area contributed by atoms with Crippen molar-refractivity contribution in [2.45, 2.75) is 6.61 Å². The number of ether oxygens (including phenoxy) is 1. The summed E-state index contributed by atoms with van der Waals surface area (Å²) in [5.41, 5.74) is 6.28. The molecular weight excluding hydrogens is 267 g/mol. The molecule has 0 aromatic heterocycles. The van der Waals surface area contributed by atoms with E-state index in [1.165, 1.54) is 6.07 Å². The van der Waals surface area contributed by atoms with Crippen molar-refractivity contribution >= 4 is 17.4 Å². The molecule has 3 nitrogen and oxygen atoms in total. The summed E-state index contributed by atoms with van der Waals surface area (Å²) in [4.78, 5) is 0. The molecule has 3 N–H and O–H groups in total. The van der Waals surface area contributed by atoms with E-state index in [1.807, 2.05) is 0 Å². The highest BCUT2D eigenvalue weighted by molar-refractivity contribution is 6.30. The van der Waals surface area contributed by atoms with Gasteiger partial charge in [-0.1, -0.05) is 35.9 Å². The van der Waals surface area contributed by atoms with Crippen LogP contribution in [0, 0.1) is 11.2 Å². The van der Waals surface area contributed by atoms with Crippen LogP contribution in [0.25, 0.3) is 0 Å². The lowest BCUT2D eigenvalue weighted by atomic mass is 10.2. The summed E-state index contributed by atoms with van der Waals surface area (Å²) in [5, 5.41) is 7.49. The number of rotatable bonds is 4. The first kappa shape index (κ1) is 13.4. The number of benzene rings is 2. The van der Waals surface area contributed by atoms with Gasteiger partial charge >= 0.3 is 0 Å². The number of para-hydroxylation sites is 1. The van der Waals surface area contributed by atoms with Crippen molar-refractivity contribution in [2.24, 2.45) is 5.73 Å². The van der Waals surface area contributed by atoms with Crippen LogP contribution in [0.3, 0.4) is 0 Å². The Hall–Kier alpha value is -2.07. The Morgan fingerprint density at radius 2 is 1.95 bits per heavy atom. The number of hydrogen-bond donors (Lipinski definition) is 2. The minimum absolute atomic E-state index is 0.0245. The van der Waals surface area contributed by atoms with E-state index in [1.54, 1.807) is 36.4 Å². The summed E-state index contributed by atoms with van der Waals surface area (Å²) < 4.78 is 19.2. The molecule has 0 saturated heterocycles. The van der Waals surface area contributed by atoms with Crippen molar-refractivity contribution in [3.63, 3.8) is 0 Å². The molecule has 0 aliphatic rings.